The van der Waals surface area contributed by atoms with Crippen LogP contribution < -0.4 is 5.32 Å². The van der Waals surface area contributed by atoms with E-state index in [2.05, 4.69) is 26.1 Å². The van der Waals surface area contributed by atoms with Crippen molar-refractivity contribution in [3.05, 3.63) is 35.4 Å². The van der Waals surface area contributed by atoms with Crippen LogP contribution in [0.5, 0.6) is 0 Å². The molecule has 1 unspecified atom stereocenters. The van der Waals surface area contributed by atoms with E-state index in [1.54, 1.807) is 12.1 Å². The highest BCUT2D eigenvalue weighted by atomic mass is 19.2. The Kier molecular flexibility index (Phi) is 7.75. The minimum Gasteiger partial charge on any atom is -0.314 e. The van der Waals surface area contributed by atoms with E-state index in [0.29, 0.717) is 17.9 Å². The topological polar surface area (TPSA) is 12.0 Å². The van der Waals surface area contributed by atoms with Gasteiger partial charge in [-0.05, 0) is 43.4 Å². The molecule has 1 aromatic rings. The maximum absolute atomic E-state index is 13.7. The second kappa shape index (κ2) is 9.06. The van der Waals surface area contributed by atoms with Gasteiger partial charge in [-0.2, -0.15) is 0 Å². The van der Waals surface area contributed by atoms with E-state index < -0.39 is 11.6 Å². The predicted molar refractivity (Wildman–Crippen MR) is 80.8 cm³/mol. The lowest BCUT2D eigenvalue weighted by molar-refractivity contribution is 0.424. The van der Waals surface area contributed by atoms with Gasteiger partial charge in [-0.15, -0.1) is 0 Å². The normalized spacial score (nSPS) is 12.9. The van der Waals surface area contributed by atoms with Gasteiger partial charge in [-0.1, -0.05) is 45.7 Å². The van der Waals surface area contributed by atoms with Crippen molar-refractivity contribution in [2.45, 2.75) is 58.9 Å². The lowest BCUT2D eigenvalue weighted by Crippen LogP contribution is -2.32. The smallest absolute Gasteiger partial charge is 0.162 e. The van der Waals surface area contributed by atoms with Gasteiger partial charge in [0.15, 0.2) is 11.6 Å². The zero-order valence-electron chi connectivity index (χ0n) is 12.9. The Balaban J connectivity index is 2.60. The second-order valence-corrected chi connectivity index (χ2v) is 5.89. The Morgan fingerprint density at radius 1 is 1.15 bits per heavy atom. The van der Waals surface area contributed by atoms with Crippen molar-refractivity contribution >= 4 is 0 Å². The van der Waals surface area contributed by atoms with Crippen molar-refractivity contribution in [1.29, 1.82) is 0 Å². The van der Waals surface area contributed by atoms with Gasteiger partial charge in [-0.3, -0.25) is 0 Å². The average Bonchev–Trinajstić information content (AvgIpc) is 2.40. The van der Waals surface area contributed by atoms with Gasteiger partial charge >= 0.3 is 0 Å². The van der Waals surface area contributed by atoms with Gasteiger partial charge in [0.05, 0.1) is 0 Å². The van der Waals surface area contributed by atoms with Gasteiger partial charge in [0.2, 0.25) is 0 Å². The molecule has 1 nitrogen and oxygen atoms in total. The molecule has 0 aliphatic heterocycles. The second-order valence-electron chi connectivity index (χ2n) is 5.89. The van der Waals surface area contributed by atoms with Crippen LogP contribution in [0.15, 0.2) is 18.2 Å². The van der Waals surface area contributed by atoms with Gasteiger partial charge in [-0.25, -0.2) is 8.78 Å². The van der Waals surface area contributed by atoms with E-state index in [1.165, 1.54) is 12.5 Å². The summed E-state index contributed by atoms with van der Waals surface area (Å²) in [5.74, 6) is -0.758. The van der Waals surface area contributed by atoms with Gasteiger partial charge in [0.1, 0.15) is 0 Å². The Labute approximate surface area is 121 Å². The van der Waals surface area contributed by atoms with Crippen LogP contribution in [0.1, 0.15) is 52.0 Å². The zero-order chi connectivity index (χ0) is 15.0. The first kappa shape index (κ1) is 17.1. The summed E-state index contributed by atoms with van der Waals surface area (Å²) in [4.78, 5) is 0. The van der Waals surface area contributed by atoms with Crippen molar-refractivity contribution in [2.24, 2.45) is 5.92 Å². The third-order valence-corrected chi connectivity index (χ3v) is 3.51. The summed E-state index contributed by atoms with van der Waals surface area (Å²) in [5.41, 5.74) is 0.475. The first-order chi connectivity index (χ1) is 9.54. The van der Waals surface area contributed by atoms with Gasteiger partial charge in [0, 0.05) is 6.04 Å². The Morgan fingerprint density at radius 3 is 2.55 bits per heavy atom. The minimum absolute atomic E-state index is 0.227. The Hall–Kier alpha value is -0.960. The molecule has 0 amide bonds. The van der Waals surface area contributed by atoms with Crippen molar-refractivity contribution < 1.29 is 8.78 Å². The number of rotatable bonds is 9. The molecule has 3 heteroatoms. The molecule has 1 aromatic carbocycles. The summed E-state index contributed by atoms with van der Waals surface area (Å²) in [6.07, 6.45) is 4.91. The summed E-state index contributed by atoms with van der Waals surface area (Å²) in [7, 11) is 0. The van der Waals surface area contributed by atoms with Crippen LogP contribution in [-0.4, -0.2) is 12.6 Å². The van der Waals surface area contributed by atoms with Crippen molar-refractivity contribution in [2.75, 3.05) is 6.54 Å². The molecule has 0 aliphatic carbocycles. The molecule has 114 valence electrons. The Morgan fingerprint density at radius 2 is 1.90 bits per heavy atom. The minimum atomic E-state index is -0.751. The van der Waals surface area contributed by atoms with Crippen LogP contribution in [0, 0.1) is 17.6 Å². The number of nitrogens with one attached hydrogen (secondary N) is 1. The SMILES string of the molecule is CCCNC(CCCC(C)C)Cc1cccc(F)c1F. The highest BCUT2D eigenvalue weighted by Crippen LogP contribution is 2.16. The number of hydrogen-bond acceptors (Lipinski definition) is 1. The summed E-state index contributed by atoms with van der Waals surface area (Å²) >= 11 is 0. The molecule has 1 atom stereocenters. The fourth-order valence-electron chi connectivity index (χ4n) is 2.37. The van der Waals surface area contributed by atoms with E-state index >= 15 is 0 Å². The zero-order valence-corrected chi connectivity index (χ0v) is 12.9. The lowest BCUT2D eigenvalue weighted by Gasteiger charge is -2.19. The molecule has 0 heterocycles. The van der Waals surface area contributed by atoms with E-state index in [9.17, 15) is 8.78 Å². The molecule has 0 radical (unpaired) electrons. The molecule has 1 N–H and O–H groups in total. The third-order valence-electron chi connectivity index (χ3n) is 3.51. The summed E-state index contributed by atoms with van der Waals surface area (Å²) in [6, 6.07) is 4.66. The van der Waals surface area contributed by atoms with Crippen LogP contribution in [-0.2, 0) is 6.42 Å². The standard InChI is InChI=1S/C17H27F2N/c1-4-11-20-15(9-5-7-13(2)3)12-14-8-6-10-16(18)17(14)19/h6,8,10,13,15,20H,4-5,7,9,11-12H2,1-3H3. The molecule has 0 aliphatic rings. The number of halogens is 2. The summed E-state index contributed by atoms with van der Waals surface area (Å²) in [5, 5.41) is 3.45. The average molecular weight is 283 g/mol. The molecule has 0 spiro atoms. The van der Waals surface area contributed by atoms with E-state index in [0.717, 1.165) is 25.8 Å². The number of hydrogen-bond donors (Lipinski definition) is 1. The largest absolute Gasteiger partial charge is 0.314 e. The lowest BCUT2D eigenvalue weighted by atomic mass is 9.97. The highest BCUT2D eigenvalue weighted by Gasteiger charge is 2.14. The maximum atomic E-state index is 13.7. The maximum Gasteiger partial charge on any atom is 0.162 e. The van der Waals surface area contributed by atoms with Crippen molar-refractivity contribution in [3.63, 3.8) is 0 Å². The molecule has 20 heavy (non-hydrogen) atoms. The van der Waals surface area contributed by atoms with Gasteiger partial charge in [0.25, 0.3) is 0 Å². The van der Waals surface area contributed by atoms with E-state index in [4.69, 9.17) is 0 Å². The molecule has 0 bridgehead atoms. The van der Waals surface area contributed by atoms with Crippen LogP contribution in [0.3, 0.4) is 0 Å². The molecular weight excluding hydrogens is 256 g/mol. The molecule has 0 saturated carbocycles. The van der Waals surface area contributed by atoms with E-state index in [-0.39, 0.29) is 6.04 Å². The van der Waals surface area contributed by atoms with Crippen LogP contribution in [0.2, 0.25) is 0 Å². The summed E-state index contributed by atoms with van der Waals surface area (Å²) in [6.45, 7) is 7.45. The number of benzene rings is 1. The molecule has 0 aromatic heterocycles. The molecule has 0 saturated heterocycles. The summed E-state index contributed by atoms with van der Waals surface area (Å²) < 4.78 is 27.0. The first-order valence-electron chi connectivity index (χ1n) is 7.70. The highest BCUT2D eigenvalue weighted by molar-refractivity contribution is 5.20. The molecule has 0 fully saturated rings. The first-order valence-corrected chi connectivity index (χ1v) is 7.70. The van der Waals surface area contributed by atoms with Crippen LogP contribution in [0.25, 0.3) is 0 Å². The van der Waals surface area contributed by atoms with Gasteiger partial charge < -0.3 is 5.32 Å². The molecular formula is C17H27F2N. The Bertz CT molecular complexity index is 391. The quantitative estimate of drug-likeness (QED) is 0.692. The molecule has 1 rings (SSSR count). The predicted octanol–water partition coefficient (Wildman–Crippen LogP) is 4.70. The van der Waals surface area contributed by atoms with Crippen LogP contribution in [0.4, 0.5) is 8.78 Å². The van der Waals surface area contributed by atoms with Crippen molar-refractivity contribution in [3.8, 4) is 0 Å². The van der Waals surface area contributed by atoms with Crippen molar-refractivity contribution in [1.82, 2.24) is 5.32 Å². The third kappa shape index (κ3) is 6.00. The fourth-order valence-corrected chi connectivity index (χ4v) is 2.37. The fraction of sp³-hybridized carbons (Fsp3) is 0.647. The monoisotopic (exact) mass is 283 g/mol. The van der Waals surface area contributed by atoms with Crippen LogP contribution >= 0.6 is 0 Å². The van der Waals surface area contributed by atoms with E-state index in [1.807, 2.05) is 0 Å².